The van der Waals surface area contributed by atoms with Gasteiger partial charge in [0.05, 0.1) is 0 Å². The standard InChI is InChI=1S/C21H25.C5H5.C2H6Si.Hf/c1-20(2,3)16-9-7-14-11-15-8-10-17(21(4,5)6)13-19(15)18(14)12-16;1-2-4-5-3-1;1-3-2;/h7-13H,1-6H3;1-5H;1-2H3;/q2*-1;;+2. The first-order chi connectivity index (χ1) is 13.9. The second-order valence-electron chi connectivity index (χ2n) is 10.2. The molecule has 0 fully saturated rings. The van der Waals surface area contributed by atoms with Crippen molar-refractivity contribution in [3.63, 3.8) is 0 Å². The maximum absolute atomic E-state index is 2.38. The van der Waals surface area contributed by atoms with Gasteiger partial charge in [-0.15, -0.1) is 39.7 Å². The van der Waals surface area contributed by atoms with Gasteiger partial charge in [0, 0.05) is 0 Å². The molecule has 30 heavy (non-hydrogen) atoms. The van der Waals surface area contributed by atoms with E-state index in [9.17, 15) is 0 Å². The van der Waals surface area contributed by atoms with Crippen LogP contribution in [0.1, 0.15) is 52.7 Å². The third-order valence-electron chi connectivity index (χ3n) is 5.00. The molecule has 0 saturated carbocycles. The summed E-state index contributed by atoms with van der Waals surface area (Å²) in [4.78, 5) is 0. The number of hydrogen-bond donors (Lipinski definition) is 0. The fourth-order valence-electron chi connectivity index (χ4n) is 3.25. The molecule has 0 saturated heterocycles. The maximum Gasteiger partial charge on any atom is -0.172 e. The zero-order valence-electron chi connectivity index (χ0n) is 19.9. The Balaban J connectivity index is 0.000000297. The average Bonchev–Trinajstić information content (AvgIpc) is 3.30. The van der Waals surface area contributed by atoms with Crippen molar-refractivity contribution in [3.8, 4) is 0 Å². The fraction of sp³-hybridized carbons (Fsp3) is 0.357. The van der Waals surface area contributed by atoms with Gasteiger partial charge in [0.15, 0.2) is 0 Å². The van der Waals surface area contributed by atoms with E-state index in [0.29, 0.717) is 0 Å². The zero-order valence-corrected chi connectivity index (χ0v) is 24.5. The van der Waals surface area contributed by atoms with Gasteiger partial charge in [-0.05, 0) is 10.8 Å². The molecule has 0 spiro atoms. The van der Waals surface area contributed by atoms with Crippen LogP contribution in [-0.2, 0) is 33.8 Å². The molecule has 0 atom stereocenters. The summed E-state index contributed by atoms with van der Waals surface area (Å²) in [6, 6.07) is 26.1. The van der Waals surface area contributed by atoms with E-state index in [2.05, 4.69) is 97.1 Å². The summed E-state index contributed by atoms with van der Waals surface area (Å²) in [6.07, 6.45) is 0. The van der Waals surface area contributed by atoms with Crippen LogP contribution < -0.4 is 0 Å². The summed E-state index contributed by atoms with van der Waals surface area (Å²) in [7, 11) is 0. The van der Waals surface area contributed by atoms with Gasteiger partial charge in [-0.1, -0.05) is 76.9 Å². The Morgan fingerprint density at radius 1 is 0.700 bits per heavy atom. The molecular weight excluding hydrogens is 543 g/mol. The first-order valence-electron chi connectivity index (χ1n) is 10.7. The number of rotatable bonds is 0. The second-order valence-corrected chi connectivity index (χ2v) is 23.0. The van der Waals surface area contributed by atoms with E-state index in [-0.39, 0.29) is 16.3 Å². The molecule has 0 aromatic heterocycles. The second kappa shape index (κ2) is 10.4. The van der Waals surface area contributed by atoms with Crippen molar-refractivity contribution in [2.45, 2.75) is 65.5 Å². The molecule has 4 aromatic carbocycles. The molecule has 0 aliphatic carbocycles. The Labute approximate surface area is 198 Å². The van der Waals surface area contributed by atoms with E-state index < -0.39 is 0 Å². The molecule has 4 aromatic rings. The van der Waals surface area contributed by atoms with E-state index in [0.717, 1.165) is 0 Å². The van der Waals surface area contributed by atoms with E-state index in [1.54, 1.807) is 0 Å². The van der Waals surface area contributed by atoms with Crippen molar-refractivity contribution in [1.82, 2.24) is 0 Å². The molecular formula is C28H36HfSi. The molecule has 156 valence electrons. The van der Waals surface area contributed by atoms with Gasteiger partial charge in [-0.25, -0.2) is 12.1 Å². The topological polar surface area (TPSA) is 0 Å². The van der Waals surface area contributed by atoms with Crippen molar-refractivity contribution in [1.29, 1.82) is 0 Å². The predicted molar refractivity (Wildman–Crippen MR) is 134 cm³/mol. The molecule has 0 nitrogen and oxygen atoms in total. The van der Waals surface area contributed by atoms with Crippen molar-refractivity contribution in [3.05, 3.63) is 83.9 Å². The smallest absolute Gasteiger partial charge is 0.172 e. The van der Waals surface area contributed by atoms with Crippen LogP contribution >= 0.6 is 0 Å². The fourth-order valence-corrected chi connectivity index (χ4v) is 3.25. The summed E-state index contributed by atoms with van der Waals surface area (Å²) in [5.41, 5.74) is 3.46. The molecule has 0 aliphatic heterocycles. The minimum atomic E-state index is 0.194. The molecule has 0 amide bonds. The molecule has 0 N–H and O–H groups in total. The minimum absolute atomic E-state index is 0.194. The van der Waals surface area contributed by atoms with E-state index in [4.69, 9.17) is 0 Å². The third-order valence-corrected chi connectivity index (χ3v) is 5.00. The van der Waals surface area contributed by atoms with Crippen LogP contribution in [0, 0.1) is 0 Å². The summed E-state index contributed by atoms with van der Waals surface area (Å²) < 4.78 is 0. The SMILES string of the molecule is CC(C)(C)c1ccc2[cH-]c3ccc(C(C)(C)C)cc3c2c1.C[Si](C)=[Hf+2].c1cc[cH-]c1. The Morgan fingerprint density at radius 3 is 1.33 bits per heavy atom. The van der Waals surface area contributed by atoms with Gasteiger partial charge < -0.3 is 0 Å². The van der Waals surface area contributed by atoms with Crippen LogP contribution in [0.3, 0.4) is 0 Å². The van der Waals surface area contributed by atoms with Crippen molar-refractivity contribution in [2.75, 3.05) is 0 Å². The zero-order chi connectivity index (χ0) is 22.5. The number of fused-ring (bicyclic) bond motifs is 3. The van der Waals surface area contributed by atoms with Gasteiger partial charge in [-0.2, -0.15) is 18.2 Å². The Morgan fingerprint density at radius 2 is 1.07 bits per heavy atom. The van der Waals surface area contributed by atoms with Crippen LogP contribution in [0.5, 0.6) is 0 Å². The van der Waals surface area contributed by atoms with Gasteiger partial charge in [0.25, 0.3) is 0 Å². The molecule has 2 heteroatoms. The van der Waals surface area contributed by atoms with E-state index in [1.165, 1.54) is 55.7 Å². The number of hydrogen-bond acceptors (Lipinski definition) is 0. The first-order valence-corrected chi connectivity index (χ1v) is 18.6. The normalized spacial score (nSPS) is 11.5. The van der Waals surface area contributed by atoms with Crippen molar-refractivity contribution >= 4 is 27.0 Å². The summed E-state index contributed by atoms with van der Waals surface area (Å²) in [5, 5.41) is 5.49. The van der Waals surface area contributed by atoms with Gasteiger partial charge in [0.1, 0.15) is 0 Å². The summed E-state index contributed by atoms with van der Waals surface area (Å²) in [6.45, 7) is 18.3. The monoisotopic (exact) mass is 580 g/mol. The first kappa shape index (κ1) is 25.0. The molecule has 0 bridgehead atoms. The van der Waals surface area contributed by atoms with Crippen LogP contribution in [-0.4, -0.2) is 5.49 Å². The minimum Gasteiger partial charge on any atom is -0.214 e. The quantitative estimate of drug-likeness (QED) is 0.145. The van der Waals surface area contributed by atoms with Gasteiger partial charge in [-0.3, -0.25) is 0 Å². The van der Waals surface area contributed by atoms with Crippen LogP contribution in [0.15, 0.2) is 72.8 Å². The van der Waals surface area contributed by atoms with E-state index >= 15 is 0 Å². The van der Waals surface area contributed by atoms with Crippen LogP contribution in [0.25, 0.3) is 21.5 Å². The maximum atomic E-state index is 2.38. The van der Waals surface area contributed by atoms with Crippen LogP contribution in [0.4, 0.5) is 0 Å². The largest absolute Gasteiger partial charge is 0.214 e. The van der Waals surface area contributed by atoms with Gasteiger partial charge >= 0.3 is 41.6 Å². The van der Waals surface area contributed by atoms with Crippen molar-refractivity contribution in [2.24, 2.45) is 0 Å². The molecule has 0 heterocycles. The summed E-state index contributed by atoms with van der Waals surface area (Å²) >= 11 is 1.45. The Kier molecular flexibility index (Phi) is 8.65. The molecule has 4 rings (SSSR count). The third kappa shape index (κ3) is 7.16. The summed E-state index contributed by atoms with van der Waals surface area (Å²) in [5.74, 6) is 0. The Hall–Kier alpha value is -1.25. The Bertz CT molecular complexity index is 994. The van der Waals surface area contributed by atoms with Crippen LogP contribution in [0.2, 0.25) is 13.1 Å². The van der Waals surface area contributed by atoms with Gasteiger partial charge in [0.2, 0.25) is 0 Å². The van der Waals surface area contributed by atoms with Crippen molar-refractivity contribution < 1.29 is 23.0 Å². The number of benzene rings is 2. The van der Waals surface area contributed by atoms with E-state index in [1.807, 2.05) is 30.3 Å². The molecule has 0 aliphatic rings. The average molecular weight is 579 g/mol. The molecule has 0 radical (unpaired) electrons. The predicted octanol–water partition coefficient (Wildman–Crippen LogP) is 8.50. The molecule has 0 unspecified atom stereocenters.